The number of pyridine rings is 1. The number of aromatic nitrogens is 1. The van der Waals surface area contributed by atoms with Gasteiger partial charge in [-0.3, -0.25) is 14.2 Å². The normalized spacial score (nSPS) is 10.8. The maximum Gasteiger partial charge on any atom is 0.281 e. The first-order valence-corrected chi connectivity index (χ1v) is 7.29. The summed E-state index contributed by atoms with van der Waals surface area (Å²) in [6.45, 7) is 4.88. The molecule has 0 aliphatic heterocycles. The molecule has 7 heteroatoms. The fourth-order valence-corrected chi connectivity index (χ4v) is 2.22. The van der Waals surface area contributed by atoms with Gasteiger partial charge in [0.05, 0.1) is 5.69 Å². The number of ketones is 1. The summed E-state index contributed by atoms with van der Waals surface area (Å²) in [4.78, 5) is 23.6. The fraction of sp³-hybridized carbons (Fsp3) is 0.235. The highest BCUT2D eigenvalue weighted by Gasteiger charge is 2.18. The van der Waals surface area contributed by atoms with Gasteiger partial charge in [-0.15, -0.1) is 5.11 Å². The van der Waals surface area contributed by atoms with E-state index in [1.807, 2.05) is 6.07 Å². The molecule has 0 bridgehead atoms. The molecule has 0 amide bonds. The molecule has 1 aromatic carbocycles. The molecule has 122 valence electrons. The number of hydrogen-bond donors (Lipinski definition) is 1. The predicted molar refractivity (Wildman–Crippen MR) is 88.1 cm³/mol. The maximum absolute atomic E-state index is 12.4. The third kappa shape index (κ3) is 3.08. The SMILES string of the molecule is CCn1c(O)c(C#N)c(C)c(N=Nc2ccc(C(C)=O)cc2)c1=O. The van der Waals surface area contributed by atoms with Gasteiger partial charge < -0.3 is 5.11 Å². The zero-order valence-corrected chi connectivity index (χ0v) is 13.6. The van der Waals surface area contributed by atoms with Gasteiger partial charge in [-0.05, 0) is 45.0 Å². The topological polar surface area (TPSA) is 108 Å². The minimum absolute atomic E-state index is 0.00171. The Kier molecular flexibility index (Phi) is 4.90. The standard InChI is InChI=1S/C17H16N4O3/c1-4-21-16(23)14(9-18)10(2)15(17(21)24)20-19-13-7-5-12(6-8-13)11(3)22/h5-8,23H,4H2,1-3H3. The van der Waals surface area contributed by atoms with Gasteiger partial charge in [0.15, 0.2) is 11.5 Å². The quantitative estimate of drug-likeness (QED) is 0.687. The Balaban J connectivity index is 2.51. The number of rotatable bonds is 4. The first kappa shape index (κ1) is 17.1. The average Bonchev–Trinajstić information content (AvgIpc) is 2.56. The first-order chi connectivity index (χ1) is 11.4. The molecule has 0 unspecified atom stereocenters. The number of Topliss-reactive ketones (excluding diaryl/α,β-unsaturated/α-hetero) is 1. The summed E-state index contributed by atoms with van der Waals surface area (Å²) in [7, 11) is 0. The minimum atomic E-state index is -0.518. The second kappa shape index (κ2) is 6.87. The number of aromatic hydroxyl groups is 1. The summed E-state index contributed by atoms with van der Waals surface area (Å²) in [5.41, 5.74) is 0.770. The zero-order chi connectivity index (χ0) is 17.9. The lowest BCUT2D eigenvalue weighted by molar-refractivity contribution is 0.101. The molecule has 0 aliphatic rings. The van der Waals surface area contributed by atoms with E-state index in [1.54, 1.807) is 31.2 Å². The van der Waals surface area contributed by atoms with Crippen LogP contribution in [0.5, 0.6) is 5.88 Å². The van der Waals surface area contributed by atoms with E-state index in [0.29, 0.717) is 11.3 Å². The highest BCUT2D eigenvalue weighted by atomic mass is 16.3. The van der Waals surface area contributed by atoms with Crippen LogP contribution >= 0.6 is 0 Å². The van der Waals surface area contributed by atoms with E-state index in [0.717, 1.165) is 4.57 Å². The van der Waals surface area contributed by atoms with Crippen LogP contribution in [0.3, 0.4) is 0 Å². The number of nitriles is 1. The van der Waals surface area contributed by atoms with Crippen molar-refractivity contribution in [1.29, 1.82) is 5.26 Å². The maximum atomic E-state index is 12.4. The van der Waals surface area contributed by atoms with Crippen LogP contribution in [-0.4, -0.2) is 15.5 Å². The molecule has 0 saturated heterocycles. The second-order valence-corrected chi connectivity index (χ2v) is 5.14. The van der Waals surface area contributed by atoms with E-state index >= 15 is 0 Å². The largest absolute Gasteiger partial charge is 0.493 e. The monoisotopic (exact) mass is 324 g/mol. The van der Waals surface area contributed by atoms with Gasteiger partial charge in [-0.2, -0.15) is 10.4 Å². The van der Waals surface area contributed by atoms with E-state index in [-0.39, 0.29) is 35.0 Å². The van der Waals surface area contributed by atoms with Gasteiger partial charge in [0, 0.05) is 17.7 Å². The number of benzene rings is 1. The Bertz CT molecular complexity index is 919. The Hall–Kier alpha value is -3.27. The van der Waals surface area contributed by atoms with Crippen molar-refractivity contribution < 1.29 is 9.90 Å². The summed E-state index contributed by atoms with van der Waals surface area (Å²) < 4.78 is 1.07. The Morgan fingerprint density at radius 2 is 1.92 bits per heavy atom. The number of azo groups is 1. The molecule has 1 aromatic heterocycles. The molecule has 1 N–H and O–H groups in total. The molecule has 0 radical (unpaired) electrons. The van der Waals surface area contributed by atoms with Gasteiger partial charge in [0.2, 0.25) is 5.88 Å². The van der Waals surface area contributed by atoms with Crippen LogP contribution in [0.25, 0.3) is 0 Å². The highest BCUT2D eigenvalue weighted by Crippen LogP contribution is 2.26. The van der Waals surface area contributed by atoms with E-state index in [2.05, 4.69) is 10.2 Å². The zero-order valence-electron chi connectivity index (χ0n) is 13.6. The van der Waals surface area contributed by atoms with Crippen LogP contribution in [0, 0.1) is 18.3 Å². The van der Waals surface area contributed by atoms with Crippen molar-refractivity contribution in [2.45, 2.75) is 27.3 Å². The number of hydrogen-bond acceptors (Lipinski definition) is 6. The van der Waals surface area contributed by atoms with Crippen molar-refractivity contribution in [2.24, 2.45) is 10.2 Å². The number of carbonyl (C=O) groups is 1. The van der Waals surface area contributed by atoms with Crippen LogP contribution in [0.4, 0.5) is 11.4 Å². The molecule has 0 saturated carbocycles. The summed E-state index contributed by atoms with van der Waals surface area (Å²) in [6, 6.07) is 8.33. The second-order valence-electron chi connectivity index (χ2n) is 5.14. The number of carbonyl (C=O) groups excluding carboxylic acids is 1. The van der Waals surface area contributed by atoms with Crippen LogP contribution in [-0.2, 0) is 6.54 Å². The van der Waals surface area contributed by atoms with Gasteiger partial charge in [-0.1, -0.05) is 0 Å². The molecule has 0 atom stereocenters. The molecule has 0 fully saturated rings. The van der Waals surface area contributed by atoms with Gasteiger partial charge in [0.1, 0.15) is 11.6 Å². The third-order valence-corrected chi connectivity index (χ3v) is 3.62. The van der Waals surface area contributed by atoms with Gasteiger partial charge in [0.25, 0.3) is 5.56 Å². The van der Waals surface area contributed by atoms with Crippen molar-refractivity contribution in [3.8, 4) is 11.9 Å². The molecule has 0 aliphatic carbocycles. The Morgan fingerprint density at radius 1 is 1.29 bits per heavy atom. The molecule has 7 nitrogen and oxygen atoms in total. The van der Waals surface area contributed by atoms with Crippen molar-refractivity contribution in [2.75, 3.05) is 0 Å². The van der Waals surface area contributed by atoms with Crippen LogP contribution in [0.2, 0.25) is 0 Å². The van der Waals surface area contributed by atoms with E-state index < -0.39 is 5.56 Å². The molecular formula is C17H16N4O3. The highest BCUT2D eigenvalue weighted by molar-refractivity contribution is 5.94. The van der Waals surface area contributed by atoms with Crippen LogP contribution < -0.4 is 5.56 Å². The average molecular weight is 324 g/mol. The van der Waals surface area contributed by atoms with Gasteiger partial charge >= 0.3 is 0 Å². The van der Waals surface area contributed by atoms with Crippen LogP contribution in [0.15, 0.2) is 39.3 Å². The van der Waals surface area contributed by atoms with Crippen molar-refractivity contribution in [3.05, 3.63) is 51.3 Å². The van der Waals surface area contributed by atoms with E-state index in [9.17, 15) is 20.0 Å². The van der Waals surface area contributed by atoms with Gasteiger partial charge in [-0.25, -0.2) is 0 Å². The van der Waals surface area contributed by atoms with E-state index in [4.69, 9.17) is 0 Å². The van der Waals surface area contributed by atoms with Crippen LogP contribution in [0.1, 0.15) is 35.3 Å². The summed E-state index contributed by atoms with van der Waals surface area (Å²) >= 11 is 0. The molecule has 24 heavy (non-hydrogen) atoms. The summed E-state index contributed by atoms with van der Waals surface area (Å²) in [6.07, 6.45) is 0. The summed E-state index contributed by atoms with van der Waals surface area (Å²) in [5.74, 6) is -0.426. The lowest BCUT2D eigenvalue weighted by Gasteiger charge is -2.10. The lowest BCUT2D eigenvalue weighted by Crippen LogP contribution is -2.20. The molecule has 2 rings (SSSR count). The lowest BCUT2D eigenvalue weighted by atomic mass is 10.1. The Labute approximate surface area is 138 Å². The van der Waals surface area contributed by atoms with Crippen molar-refractivity contribution in [1.82, 2.24) is 4.57 Å². The first-order valence-electron chi connectivity index (χ1n) is 7.29. The van der Waals surface area contributed by atoms with Crippen molar-refractivity contribution >= 4 is 17.2 Å². The molecular weight excluding hydrogens is 308 g/mol. The minimum Gasteiger partial charge on any atom is -0.493 e. The molecule has 0 spiro atoms. The fourth-order valence-electron chi connectivity index (χ4n) is 2.22. The Morgan fingerprint density at radius 3 is 2.42 bits per heavy atom. The molecule has 2 aromatic rings. The van der Waals surface area contributed by atoms with E-state index in [1.165, 1.54) is 13.8 Å². The number of nitrogens with zero attached hydrogens (tertiary/aromatic N) is 4. The third-order valence-electron chi connectivity index (χ3n) is 3.62. The van der Waals surface area contributed by atoms with Crippen molar-refractivity contribution in [3.63, 3.8) is 0 Å². The summed E-state index contributed by atoms with van der Waals surface area (Å²) in [5, 5.41) is 27.1. The smallest absolute Gasteiger partial charge is 0.281 e. The predicted octanol–water partition coefficient (Wildman–Crippen LogP) is 3.37. The molecule has 1 heterocycles.